The van der Waals surface area contributed by atoms with Crippen LogP contribution < -0.4 is 10.6 Å². The maximum Gasteiger partial charge on any atom is 0.408 e. The van der Waals surface area contributed by atoms with Crippen molar-refractivity contribution in [3.8, 4) is 5.75 Å². The van der Waals surface area contributed by atoms with Gasteiger partial charge < -0.3 is 30.0 Å². The Kier molecular flexibility index (Phi) is 10.5. The van der Waals surface area contributed by atoms with Gasteiger partial charge in [-0.3, -0.25) is 4.79 Å². The second-order valence-electron chi connectivity index (χ2n) is 8.88. The molecule has 2 amide bonds. The van der Waals surface area contributed by atoms with Crippen molar-refractivity contribution in [1.82, 2.24) is 10.6 Å². The van der Waals surface area contributed by atoms with Crippen molar-refractivity contribution in [1.29, 1.82) is 0 Å². The highest BCUT2D eigenvalue weighted by Gasteiger charge is 2.29. The van der Waals surface area contributed by atoms with Gasteiger partial charge in [0.15, 0.2) is 0 Å². The minimum absolute atomic E-state index is 0.0858. The van der Waals surface area contributed by atoms with Crippen LogP contribution in [0.1, 0.15) is 38.8 Å². The largest absolute Gasteiger partial charge is 0.508 e. The van der Waals surface area contributed by atoms with Crippen LogP contribution in [0.3, 0.4) is 0 Å². The number of nitrogens with one attached hydrogen (secondary N) is 2. The molecular formula is C26H34N2O7. The van der Waals surface area contributed by atoms with E-state index in [1.165, 1.54) is 12.1 Å². The molecule has 2 aromatic rings. The van der Waals surface area contributed by atoms with Gasteiger partial charge in [0.05, 0.1) is 19.8 Å². The molecule has 0 fully saturated rings. The number of alkyl carbamates (subject to hydrolysis) is 1. The number of carbonyl (C=O) groups excluding carboxylic acids is 3. The van der Waals surface area contributed by atoms with Crippen LogP contribution in [0.5, 0.6) is 5.75 Å². The molecule has 3 N–H and O–H groups in total. The molecule has 0 aromatic heterocycles. The van der Waals surface area contributed by atoms with Gasteiger partial charge in [-0.05, 0) is 51.0 Å². The Morgan fingerprint density at radius 3 is 2.17 bits per heavy atom. The second-order valence-corrected chi connectivity index (χ2v) is 8.88. The maximum absolute atomic E-state index is 13.1. The summed E-state index contributed by atoms with van der Waals surface area (Å²) in [6.45, 7) is 7.03. The van der Waals surface area contributed by atoms with Crippen LogP contribution in [0.4, 0.5) is 4.79 Å². The summed E-state index contributed by atoms with van der Waals surface area (Å²) >= 11 is 0. The van der Waals surface area contributed by atoms with Crippen LogP contribution >= 0.6 is 0 Å². The third kappa shape index (κ3) is 10.5. The fraction of sp³-hybridized carbons (Fsp3) is 0.423. The van der Waals surface area contributed by atoms with E-state index in [4.69, 9.17) is 14.2 Å². The molecule has 0 aliphatic heterocycles. The highest BCUT2D eigenvalue weighted by molar-refractivity contribution is 5.90. The van der Waals surface area contributed by atoms with Gasteiger partial charge in [-0.15, -0.1) is 0 Å². The summed E-state index contributed by atoms with van der Waals surface area (Å²) in [6.07, 6.45) is -0.651. The minimum atomic E-state index is -1.12. The highest BCUT2D eigenvalue weighted by atomic mass is 16.6. The molecule has 0 radical (unpaired) electrons. The van der Waals surface area contributed by atoms with E-state index in [1.807, 2.05) is 30.3 Å². The van der Waals surface area contributed by atoms with Crippen LogP contribution in [0, 0.1) is 0 Å². The van der Waals surface area contributed by atoms with E-state index in [1.54, 1.807) is 39.8 Å². The smallest absolute Gasteiger partial charge is 0.408 e. The van der Waals surface area contributed by atoms with Crippen molar-refractivity contribution in [3.05, 3.63) is 65.7 Å². The Bertz CT molecular complexity index is 956. The fourth-order valence-electron chi connectivity index (χ4n) is 3.08. The lowest BCUT2D eigenvalue weighted by molar-refractivity contribution is -0.147. The van der Waals surface area contributed by atoms with Crippen molar-refractivity contribution in [2.45, 2.75) is 58.4 Å². The number of carbonyl (C=O) groups is 3. The van der Waals surface area contributed by atoms with E-state index in [0.717, 1.165) is 5.56 Å². The average molecular weight is 487 g/mol. The number of phenolic OH excluding ortho intramolecular Hbond substituents is 1. The van der Waals surface area contributed by atoms with Gasteiger partial charge in [-0.2, -0.15) is 0 Å². The molecule has 0 unspecified atom stereocenters. The number of hydrogen-bond donors (Lipinski definition) is 3. The molecule has 2 aromatic carbocycles. The quantitative estimate of drug-likeness (QED) is 0.417. The van der Waals surface area contributed by atoms with Crippen molar-refractivity contribution in [2.75, 3.05) is 13.2 Å². The SMILES string of the molecule is CCOC(=O)[C@H](Cc1ccc(O)cc1)NC(=O)[C@H](COCc1ccccc1)NC(=O)OC(C)(C)C. The van der Waals surface area contributed by atoms with E-state index in [-0.39, 0.29) is 32.0 Å². The normalized spacial score (nSPS) is 12.8. The molecule has 2 rings (SSSR count). The molecule has 190 valence electrons. The maximum atomic E-state index is 13.1. The molecule has 0 aliphatic rings. The van der Waals surface area contributed by atoms with Gasteiger partial charge in [0.2, 0.25) is 5.91 Å². The molecule has 0 spiro atoms. The zero-order chi connectivity index (χ0) is 25.8. The molecule has 9 nitrogen and oxygen atoms in total. The van der Waals surface area contributed by atoms with Gasteiger partial charge in [0, 0.05) is 6.42 Å². The van der Waals surface area contributed by atoms with Crippen LogP contribution in [-0.4, -0.2) is 54.0 Å². The summed E-state index contributed by atoms with van der Waals surface area (Å²) in [7, 11) is 0. The summed E-state index contributed by atoms with van der Waals surface area (Å²) in [5, 5.41) is 14.7. The Balaban J connectivity index is 2.13. The Labute approximate surface area is 205 Å². The van der Waals surface area contributed by atoms with Crippen LogP contribution in [0.25, 0.3) is 0 Å². The summed E-state index contributed by atoms with van der Waals surface area (Å²) in [6, 6.07) is 13.5. The number of aromatic hydroxyl groups is 1. The number of amides is 2. The number of phenols is 1. The Morgan fingerprint density at radius 2 is 1.57 bits per heavy atom. The summed E-state index contributed by atoms with van der Waals surface area (Å²) in [5.74, 6) is -1.15. The predicted molar refractivity (Wildman–Crippen MR) is 130 cm³/mol. The summed E-state index contributed by atoms with van der Waals surface area (Å²) in [4.78, 5) is 38.1. The van der Waals surface area contributed by atoms with E-state index in [2.05, 4.69) is 10.6 Å². The van der Waals surface area contributed by atoms with Crippen LogP contribution in [-0.2, 0) is 36.8 Å². The van der Waals surface area contributed by atoms with E-state index >= 15 is 0 Å². The Hall–Kier alpha value is -3.59. The second kappa shape index (κ2) is 13.3. The van der Waals surface area contributed by atoms with Gasteiger partial charge in [-0.25, -0.2) is 9.59 Å². The molecule has 0 bridgehead atoms. The van der Waals surface area contributed by atoms with E-state index in [9.17, 15) is 19.5 Å². The first kappa shape index (κ1) is 27.7. The zero-order valence-corrected chi connectivity index (χ0v) is 20.6. The fourth-order valence-corrected chi connectivity index (χ4v) is 3.08. The van der Waals surface area contributed by atoms with Crippen molar-refractivity contribution in [3.63, 3.8) is 0 Å². The highest BCUT2D eigenvalue weighted by Crippen LogP contribution is 2.13. The first-order valence-corrected chi connectivity index (χ1v) is 11.4. The third-order valence-electron chi connectivity index (χ3n) is 4.67. The van der Waals surface area contributed by atoms with Gasteiger partial charge in [0.25, 0.3) is 0 Å². The van der Waals surface area contributed by atoms with Crippen molar-refractivity contribution < 1.29 is 33.7 Å². The first-order chi connectivity index (χ1) is 16.6. The molecule has 0 saturated heterocycles. The standard InChI is InChI=1S/C26H34N2O7/c1-5-34-24(31)21(15-18-11-13-20(29)14-12-18)27-23(30)22(28-25(32)35-26(2,3)4)17-33-16-19-9-7-6-8-10-19/h6-14,21-22,29H,5,15-17H2,1-4H3,(H,27,30)(H,28,32)/t21-,22-/m0/s1. The lowest BCUT2D eigenvalue weighted by Crippen LogP contribution is -2.54. The molecular weight excluding hydrogens is 452 g/mol. The predicted octanol–water partition coefficient (Wildman–Crippen LogP) is 3.09. The first-order valence-electron chi connectivity index (χ1n) is 11.4. The molecule has 35 heavy (non-hydrogen) atoms. The number of benzene rings is 2. The van der Waals surface area contributed by atoms with Crippen LogP contribution in [0.2, 0.25) is 0 Å². The zero-order valence-electron chi connectivity index (χ0n) is 20.6. The van der Waals surface area contributed by atoms with Crippen LogP contribution in [0.15, 0.2) is 54.6 Å². The summed E-state index contributed by atoms with van der Waals surface area (Å²) in [5.41, 5.74) is 0.848. The molecule has 0 heterocycles. The number of hydrogen-bond acceptors (Lipinski definition) is 7. The van der Waals surface area contributed by atoms with Gasteiger partial charge in [-0.1, -0.05) is 42.5 Å². The van der Waals surface area contributed by atoms with Gasteiger partial charge >= 0.3 is 12.1 Å². The average Bonchev–Trinajstić information content (AvgIpc) is 2.79. The van der Waals surface area contributed by atoms with E-state index in [0.29, 0.717) is 5.56 Å². The van der Waals surface area contributed by atoms with Gasteiger partial charge in [0.1, 0.15) is 23.4 Å². The number of rotatable bonds is 11. The molecule has 9 heteroatoms. The van der Waals surface area contributed by atoms with E-state index < -0.39 is 35.7 Å². The molecule has 2 atom stereocenters. The number of esters is 1. The minimum Gasteiger partial charge on any atom is -0.508 e. The lowest BCUT2D eigenvalue weighted by Gasteiger charge is -2.25. The topological polar surface area (TPSA) is 123 Å². The summed E-state index contributed by atoms with van der Waals surface area (Å²) < 4.78 is 16.1. The monoisotopic (exact) mass is 486 g/mol. The lowest BCUT2D eigenvalue weighted by atomic mass is 10.1. The van der Waals surface area contributed by atoms with Crippen molar-refractivity contribution in [2.24, 2.45) is 0 Å². The molecule has 0 saturated carbocycles. The molecule has 0 aliphatic carbocycles. The van der Waals surface area contributed by atoms with Crippen molar-refractivity contribution >= 4 is 18.0 Å². The number of ether oxygens (including phenoxy) is 3. The third-order valence-corrected chi connectivity index (χ3v) is 4.67. The Morgan fingerprint density at radius 1 is 0.914 bits per heavy atom.